The Balaban J connectivity index is 1.98. The quantitative estimate of drug-likeness (QED) is 0.539. The number of carbonyl (C=O) groups is 1. The average Bonchev–Trinajstić information content (AvgIpc) is 2.56. The van der Waals surface area contributed by atoms with Crippen LogP contribution in [0.15, 0.2) is 0 Å². The van der Waals surface area contributed by atoms with E-state index >= 15 is 0 Å². The van der Waals surface area contributed by atoms with Gasteiger partial charge in [-0.1, -0.05) is 0 Å². The largest absolute Gasteiger partial charge is 0.457 e. The maximum atomic E-state index is 10.7. The van der Waals surface area contributed by atoms with Crippen LogP contribution in [0.2, 0.25) is 0 Å². The van der Waals surface area contributed by atoms with E-state index in [-0.39, 0.29) is 30.9 Å². The molecule has 0 radical (unpaired) electrons. The highest BCUT2D eigenvalue weighted by molar-refractivity contribution is 5.66. The van der Waals surface area contributed by atoms with Gasteiger partial charge < -0.3 is 19.3 Å². The number of esters is 1. The Morgan fingerprint density at radius 3 is 2.77 bits per heavy atom. The predicted molar refractivity (Wildman–Crippen MR) is 41.0 cm³/mol. The zero-order valence-corrected chi connectivity index (χ0v) is 7.30. The lowest BCUT2D eigenvalue weighted by Crippen LogP contribution is -2.33. The van der Waals surface area contributed by atoms with Crippen molar-refractivity contribution in [2.75, 3.05) is 13.2 Å². The van der Waals surface area contributed by atoms with Gasteiger partial charge in [0.15, 0.2) is 6.10 Å². The maximum absolute atomic E-state index is 10.7. The van der Waals surface area contributed by atoms with Crippen LogP contribution in [0.5, 0.6) is 0 Å². The van der Waals surface area contributed by atoms with Gasteiger partial charge in [-0.2, -0.15) is 0 Å². The normalized spacial score (nSPS) is 43.2. The van der Waals surface area contributed by atoms with E-state index in [0.717, 1.165) is 0 Å². The molecule has 2 heterocycles. The summed E-state index contributed by atoms with van der Waals surface area (Å²) in [4.78, 5) is 10.7. The van der Waals surface area contributed by atoms with Crippen LogP contribution < -0.4 is 0 Å². The van der Waals surface area contributed by atoms with Gasteiger partial charge in [-0.15, -0.1) is 0 Å². The monoisotopic (exact) mass is 188 g/mol. The lowest BCUT2D eigenvalue weighted by Gasteiger charge is -2.14. The van der Waals surface area contributed by atoms with Gasteiger partial charge in [0.25, 0.3) is 0 Å². The molecule has 4 atom stereocenters. The molecule has 0 bridgehead atoms. The maximum Gasteiger partial charge on any atom is 0.303 e. The van der Waals surface area contributed by atoms with Crippen molar-refractivity contribution in [1.29, 1.82) is 0 Å². The molecular formula is C8H12O5. The van der Waals surface area contributed by atoms with E-state index in [4.69, 9.17) is 14.2 Å². The predicted octanol–water partition coefficient (Wildman–Crippen LogP) is -0.923. The van der Waals surface area contributed by atoms with Gasteiger partial charge in [-0.25, -0.2) is 0 Å². The molecule has 2 fully saturated rings. The SMILES string of the molecule is CC(=O)O[C@@H]1CO[C@H]2[C@H]1OC[C@H]2O. The molecule has 2 saturated heterocycles. The first-order valence-electron chi connectivity index (χ1n) is 4.27. The third-order valence-corrected chi connectivity index (χ3v) is 2.30. The summed E-state index contributed by atoms with van der Waals surface area (Å²) >= 11 is 0. The topological polar surface area (TPSA) is 65.0 Å². The Labute approximate surface area is 75.6 Å². The first kappa shape index (κ1) is 8.93. The Morgan fingerprint density at radius 2 is 2.08 bits per heavy atom. The van der Waals surface area contributed by atoms with Gasteiger partial charge in [0.05, 0.1) is 13.2 Å². The van der Waals surface area contributed by atoms with E-state index < -0.39 is 6.10 Å². The highest BCUT2D eigenvalue weighted by atomic mass is 16.6. The van der Waals surface area contributed by atoms with Crippen LogP contribution >= 0.6 is 0 Å². The van der Waals surface area contributed by atoms with Crippen molar-refractivity contribution in [1.82, 2.24) is 0 Å². The molecular weight excluding hydrogens is 176 g/mol. The number of hydrogen-bond acceptors (Lipinski definition) is 5. The van der Waals surface area contributed by atoms with Crippen LogP contribution in [0.3, 0.4) is 0 Å². The number of rotatable bonds is 1. The van der Waals surface area contributed by atoms with E-state index in [1.807, 2.05) is 0 Å². The summed E-state index contributed by atoms with van der Waals surface area (Å²) in [7, 11) is 0. The van der Waals surface area contributed by atoms with Crippen LogP contribution in [0, 0.1) is 0 Å². The first-order valence-corrected chi connectivity index (χ1v) is 4.27. The zero-order valence-electron chi connectivity index (χ0n) is 7.30. The summed E-state index contributed by atoms with van der Waals surface area (Å²) < 4.78 is 15.5. The smallest absolute Gasteiger partial charge is 0.303 e. The van der Waals surface area contributed by atoms with Crippen LogP contribution in [-0.2, 0) is 19.0 Å². The molecule has 0 amide bonds. The van der Waals surface area contributed by atoms with Crippen molar-refractivity contribution < 1.29 is 24.1 Å². The van der Waals surface area contributed by atoms with Gasteiger partial charge >= 0.3 is 5.97 Å². The molecule has 5 nitrogen and oxygen atoms in total. The number of aliphatic hydroxyl groups excluding tert-OH is 1. The van der Waals surface area contributed by atoms with E-state index in [9.17, 15) is 9.90 Å². The Morgan fingerprint density at radius 1 is 1.38 bits per heavy atom. The summed E-state index contributed by atoms with van der Waals surface area (Å²) in [5.74, 6) is -0.348. The molecule has 2 aliphatic heterocycles. The summed E-state index contributed by atoms with van der Waals surface area (Å²) in [6, 6.07) is 0. The van der Waals surface area contributed by atoms with Gasteiger partial charge in [-0.3, -0.25) is 4.79 Å². The molecule has 0 aromatic rings. The second kappa shape index (κ2) is 3.25. The van der Waals surface area contributed by atoms with Crippen molar-refractivity contribution in [2.45, 2.75) is 31.3 Å². The summed E-state index contributed by atoms with van der Waals surface area (Å²) in [6.45, 7) is 1.91. The average molecular weight is 188 g/mol. The van der Waals surface area contributed by atoms with Crippen molar-refractivity contribution in [2.24, 2.45) is 0 Å². The second-order valence-corrected chi connectivity index (χ2v) is 3.31. The van der Waals surface area contributed by atoms with Gasteiger partial charge in [0.2, 0.25) is 0 Å². The van der Waals surface area contributed by atoms with E-state index in [0.29, 0.717) is 6.61 Å². The number of aliphatic hydroxyl groups is 1. The molecule has 0 aromatic carbocycles. The van der Waals surface area contributed by atoms with E-state index in [1.54, 1.807) is 0 Å². The van der Waals surface area contributed by atoms with Crippen molar-refractivity contribution >= 4 is 5.97 Å². The minimum absolute atomic E-state index is 0.257. The fourth-order valence-corrected chi connectivity index (χ4v) is 1.76. The summed E-state index contributed by atoms with van der Waals surface area (Å²) in [6.07, 6.45) is -1.58. The van der Waals surface area contributed by atoms with E-state index in [2.05, 4.69) is 0 Å². The van der Waals surface area contributed by atoms with Crippen molar-refractivity contribution in [3.8, 4) is 0 Å². The Kier molecular flexibility index (Phi) is 2.23. The molecule has 1 N–H and O–H groups in total. The minimum atomic E-state index is -0.592. The van der Waals surface area contributed by atoms with Crippen LogP contribution in [0.25, 0.3) is 0 Å². The molecule has 2 aliphatic rings. The summed E-state index contributed by atoms with van der Waals surface area (Å²) in [5, 5.41) is 9.36. The third kappa shape index (κ3) is 1.54. The van der Waals surface area contributed by atoms with Crippen LogP contribution in [0.1, 0.15) is 6.92 Å². The molecule has 0 aliphatic carbocycles. The number of hydrogen-bond donors (Lipinski definition) is 1. The molecule has 2 rings (SSSR count). The van der Waals surface area contributed by atoms with Gasteiger partial charge in [0, 0.05) is 6.92 Å². The lowest BCUT2D eigenvalue weighted by atomic mass is 10.1. The third-order valence-electron chi connectivity index (χ3n) is 2.30. The Hall–Kier alpha value is -0.650. The minimum Gasteiger partial charge on any atom is -0.457 e. The lowest BCUT2D eigenvalue weighted by molar-refractivity contribution is -0.151. The molecule has 5 heteroatoms. The molecule has 13 heavy (non-hydrogen) atoms. The molecule has 0 spiro atoms. The number of ether oxygens (including phenoxy) is 3. The molecule has 74 valence electrons. The summed E-state index contributed by atoms with van der Waals surface area (Å²) in [5.41, 5.74) is 0. The standard InChI is InChI=1S/C8H12O5/c1-4(9)13-6-3-12-7-5(10)2-11-8(6)7/h5-8,10H,2-3H2,1H3/t5-,6-,7-,8+/m1/s1. The van der Waals surface area contributed by atoms with Crippen molar-refractivity contribution in [3.63, 3.8) is 0 Å². The van der Waals surface area contributed by atoms with Gasteiger partial charge in [0.1, 0.15) is 18.3 Å². The highest BCUT2D eigenvalue weighted by Gasteiger charge is 2.48. The molecule has 0 saturated carbocycles. The van der Waals surface area contributed by atoms with Gasteiger partial charge in [-0.05, 0) is 0 Å². The fraction of sp³-hybridized carbons (Fsp3) is 0.875. The number of fused-ring (bicyclic) bond motifs is 1. The van der Waals surface area contributed by atoms with E-state index in [1.165, 1.54) is 6.92 Å². The fourth-order valence-electron chi connectivity index (χ4n) is 1.76. The zero-order chi connectivity index (χ0) is 9.42. The first-order chi connectivity index (χ1) is 6.18. The van der Waals surface area contributed by atoms with Crippen LogP contribution in [-0.4, -0.2) is 48.7 Å². The Bertz CT molecular complexity index is 217. The van der Waals surface area contributed by atoms with Crippen LogP contribution in [0.4, 0.5) is 0 Å². The number of carbonyl (C=O) groups excluding carboxylic acids is 1. The molecule has 0 aromatic heterocycles. The second-order valence-electron chi connectivity index (χ2n) is 3.31. The molecule has 0 unspecified atom stereocenters. The highest BCUT2D eigenvalue weighted by Crippen LogP contribution is 2.28. The van der Waals surface area contributed by atoms with Crippen molar-refractivity contribution in [3.05, 3.63) is 0 Å².